The summed E-state index contributed by atoms with van der Waals surface area (Å²) in [5, 5.41) is 0. The first-order valence-electron chi connectivity index (χ1n) is 15.6. The number of fused-ring (bicyclic) bond motifs is 2. The van der Waals surface area contributed by atoms with Gasteiger partial charge in [0.05, 0.1) is 20.6 Å². The summed E-state index contributed by atoms with van der Waals surface area (Å²) in [6, 6.07) is 0. The van der Waals surface area contributed by atoms with Crippen LogP contribution in [0, 0.1) is 16.7 Å². The van der Waals surface area contributed by atoms with Crippen LogP contribution in [0.15, 0.2) is 0 Å². The van der Waals surface area contributed by atoms with Crippen molar-refractivity contribution < 1.29 is 14.0 Å². The fraction of sp³-hybridized carbons (Fsp3) is 0.969. The van der Waals surface area contributed by atoms with Crippen molar-refractivity contribution >= 4 is 5.97 Å². The highest BCUT2D eigenvalue weighted by Gasteiger charge is 2.62. The van der Waals surface area contributed by atoms with Crippen LogP contribution in [-0.2, 0) is 9.53 Å². The molecule has 2 aliphatic rings. The number of hydrogen-bond acceptors (Lipinski definition) is 2. The maximum Gasteiger partial charge on any atom is 0.362 e. The summed E-state index contributed by atoms with van der Waals surface area (Å²) in [7, 11) is 4.39. The van der Waals surface area contributed by atoms with Crippen LogP contribution in [-0.4, -0.2) is 43.7 Å². The Kier molecular flexibility index (Phi) is 13.1. The quantitative estimate of drug-likeness (QED) is 0.0962. The second-order valence-corrected chi connectivity index (χ2v) is 13.7. The Morgan fingerprint density at radius 1 is 0.771 bits per heavy atom. The Morgan fingerprint density at radius 3 is 1.63 bits per heavy atom. The number of nitrogens with zero attached hydrogens (tertiary/aromatic N) is 1. The molecule has 2 fully saturated rings. The molecule has 2 bridgehead atoms. The molecule has 0 heterocycles. The molecule has 0 N–H and O–H groups in total. The van der Waals surface area contributed by atoms with E-state index in [1.54, 1.807) is 0 Å². The largest absolute Gasteiger partial charge is 0.458 e. The van der Waals surface area contributed by atoms with E-state index in [0.29, 0.717) is 12.0 Å². The number of hydrogen-bond donors (Lipinski definition) is 0. The number of carbonyl (C=O) groups is 1. The lowest BCUT2D eigenvalue weighted by Crippen LogP contribution is -2.47. The highest BCUT2D eigenvalue weighted by Crippen LogP contribution is 2.66. The fourth-order valence-corrected chi connectivity index (χ4v) is 7.02. The number of rotatable bonds is 20. The van der Waals surface area contributed by atoms with Gasteiger partial charge in [0.25, 0.3) is 0 Å². The zero-order chi connectivity index (χ0) is 25.8. The van der Waals surface area contributed by atoms with Gasteiger partial charge in [-0.1, -0.05) is 118 Å². The molecule has 2 rings (SSSR count). The van der Waals surface area contributed by atoms with E-state index in [1.165, 1.54) is 116 Å². The van der Waals surface area contributed by atoms with E-state index in [0.717, 1.165) is 23.4 Å². The second-order valence-electron chi connectivity index (χ2n) is 13.7. The molecule has 0 amide bonds. The molecular formula is C32H62NO2+. The number of unbranched alkanes of at least 4 members (excludes halogenated alkanes) is 15. The van der Waals surface area contributed by atoms with Crippen LogP contribution in [0.1, 0.15) is 150 Å². The lowest BCUT2D eigenvalue weighted by molar-refractivity contribution is -0.883. The molecule has 35 heavy (non-hydrogen) atoms. The first kappa shape index (κ1) is 30.7. The minimum Gasteiger partial charge on any atom is -0.458 e. The lowest BCUT2D eigenvalue weighted by atomic mass is 9.70. The number of likely N-dealkylation sites (N-methyl/N-ethyl adjacent to an activating group) is 1. The SMILES string of the molecule is CCCCCCCCCCCCCCCCCC[N+](C)(C)CC(=O)O[C@H]1C[C@H]2CC[C@@]1(C)C2(C)C. The van der Waals surface area contributed by atoms with Gasteiger partial charge in [-0.2, -0.15) is 0 Å². The van der Waals surface area contributed by atoms with Gasteiger partial charge in [-0.05, 0) is 43.4 Å². The molecule has 0 aromatic heterocycles. The van der Waals surface area contributed by atoms with Crippen LogP contribution < -0.4 is 0 Å². The van der Waals surface area contributed by atoms with Crippen LogP contribution in [0.2, 0.25) is 0 Å². The van der Waals surface area contributed by atoms with Crippen LogP contribution >= 0.6 is 0 Å². The number of esters is 1. The van der Waals surface area contributed by atoms with E-state index in [9.17, 15) is 4.79 Å². The molecule has 3 nitrogen and oxygen atoms in total. The average Bonchev–Trinajstić information content (AvgIpc) is 3.12. The van der Waals surface area contributed by atoms with Gasteiger partial charge in [0, 0.05) is 5.41 Å². The van der Waals surface area contributed by atoms with Gasteiger partial charge < -0.3 is 9.22 Å². The average molecular weight is 493 g/mol. The highest BCUT2D eigenvalue weighted by molar-refractivity contribution is 5.71. The third kappa shape index (κ3) is 9.67. The van der Waals surface area contributed by atoms with E-state index < -0.39 is 0 Å². The molecule has 3 heteroatoms. The predicted octanol–water partition coefficient (Wildman–Crippen LogP) is 9.08. The maximum atomic E-state index is 12.8. The van der Waals surface area contributed by atoms with Crippen molar-refractivity contribution in [1.82, 2.24) is 0 Å². The molecular weight excluding hydrogens is 430 g/mol. The summed E-state index contributed by atoms with van der Waals surface area (Å²) in [6.45, 7) is 11.0. The highest BCUT2D eigenvalue weighted by atomic mass is 16.5. The van der Waals surface area contributed by atoms with Gasteiger partial charge >= 0.3 is 5.97 Å². The minimum atomic E-state index is 0.0149. The van der Waals surface area contributed by atoms with Crippen LogP contribution in [0.25, 0.3) is 0 Å². The lowest BCUT2D eigenvalue weighted by Gasteiger charge is -2.39. The summed E-state index contributed by atoms with van der Waals surface area (Å²) in [6.07, 6.45) is 26.1. The van der Waals surface area contributed by atoms with Gasteiger partial charge in [-0.3, -0.25) is 0 Å². The first-order chi connectivity index (χ1) is 16.6. The van der Waals surface area contributed by atoms with Crippen LogP contribution in [0.3, 0.4) is 0 Å². The molecule has 0 saturated heterocycles. The van der Waals surface area contributed by atoms with E-state index in [2.05, 4.69) is 41.8 Å². The van der Waals surface area contributed by atoms with Gasteiger partial charge in [-0.15, -0.1) is 0 Å². The summed E-state index contributed by atoms with van der Waals surface area (Å²) in [5.74, 6) is 0.735. The number of quaternary nitrogens is 1. The van der Waals surface area contributed by atoms with Crippen molar-refractivity contribution in [3.63, 3.8) is 0 Å². The topological polar surface area (TPSA) is 26.3 Å². The zero-order valence-corrected chi connectivity index (χ0v) is 24.8. The standard InChI is InChI=1S/C32H62NO2/c1-7-8-9-10-11-12-13-14-15-16-17-18-19-20-21-22-25-33(5,6)27-30(34)35-29-26-28-23-24-32(29,4)31(28,2)3/h28-29H,7-27H2,1-6H3/q+1/t28-,29+,32-/m1/s1. The summed E-state index contributed by atoms with van der Waals surface area (Å²) in [4.78, 5) is 12.8. The molecule has 0 radical (unpaired) electrons. The third-order valence-electron chi connectivity index (χ3n) is 10.2. The van der Waals surface area contributed by atoms with Crippen LogP contribution in [0.4, 0.5) is 0 Å². The van der Waals surface area contributed by atoms with Crippen molar-refractivity contribution in [2.75, 3.05) is 27.2 Å². The second kappa shape index (κ2) is 15.0. The van der Waals surface area contributed by atoms with Gasteiger partial charge in [-0.25, -0.2) is 4.79 Å². The van der Waals surface area contributed by atoms with Crippen molar-refractivity contribution in [3.8, 4) is 0 Å². The number of carbonyl (C=O) groups excluding carboxylic acids is 1. The zero-order valence-electron chi connectivity index (χ0n) is 24.8. The molecule has 206 valence electrons. The van der Waals surface area contributed by atoms with Gasteiger partial charge in [0.15, 0.2) is 6.54 Å². The molecule has 3 atom stereocenters. The Bertz CT molecular complexity index is 598. The Balaban J connectivity index is 1.43. The monoisotopic (exact) mass is 492 g/mol. The molecule has 2 aliphatic carbocycles. The molecule has 0 spiro atoms. The Labute approximate surface area is 219 Å². The smallest absolute Gasteiger partial charge is 0.362 e. The Morgan fingerprint density at radius 2 is 1.23 bits per heavy atom. The van der Waals surface area contributed by atoms with Crippen molar-refractivity contribution in [1.29, 1.82) is 0 Å². The van der Waals surface area contributed by atoms with E-state index >= 15 is 0 Å². The Hall–Kier alpha value is -0.570. The predicted molar refractivity (Wildman–Crippen MR) is 150 cm³/mol. The van der Waals surface area contributed by atoms with E-state index in [1.807, 2.05) is 0 Å². The molecule has 0 aromatic rings. The third-order valence-corrected chi connectivity index (χ3v) is 10.2. The minimum absolute atomic E-state index is 0.0149. The molecule has 0 aromatic carbocycles. The fourth-order valence-electron chi connectivity index (χ4n) is 7.02. The van der Waals surface area contributed by atoms with Crippen molar-refractivity contribution in [2.24, 2.45) is 16.7 Å². The maximum absolute atomic E-state index is 12.8. The van der Waals surface area contributed by atoms with E-state index in [-0.39, 0.29) is 17.5 Å². The normalized spacial score (nSPS) is 25.3. The summed E-state index contributed by atoms with van der Waals surface area (Å²) < 4.78 is 6.86. The molecule has 2 saturated carbocycles. The van der Waals surface area contributed by atoms with E-state index in [4.69, 9.17) is 4.74 Å². The summed E-state index contributed by atoms with van der Waals surface area (Å²) >= 11 is 0. The van der Waals surface area contributed by atoms with Crippen molar-refractivity contribution in [2.45, 2.75) is 156 Å². The van der Waals surface area contributed by atoms with Gasteiger partial charge in [0.1, 0.15) is 6.10 Å². The first-order valence-corrected chi connectivity index (χ1v) is 15.6. The summed E-state index contributed by atoms with van der Waals surface area (Å²) in [5.41, 5.74) is 0.466. The molecule has 0 aliphatic heterocycles. The van der Waals surface area contributed by atoms with Crippen LogP contribution in [0.5, 0.6) is 0 Å². The van der Waals surface area contributed by atoms with Gasteiger partial charge in [0.2, 0.25) is 0 Å². The van der Waals surface area contributed by atoms with Crippen molar-refractivity contribution in [3.05, 3.63) is 0 Å². The number of ether oxygens (including phenoxy) is 1. The molecule has 0 unspecified atom stereocenters.